The van der Waals surface area contributed by atoms with Crippen molar-refractivity contribution in [3.63, 3.8) is 0 Å². The van der Waals surface area contributed by atoms with Crippen LogP contribution in [0.15, 0.2) is 18.2 Å². The van der Waals surface area contributed by atoms with Gasteiger partial charge in [0.15, 0.2) is 0 Å². The molecule has 2 nitrogen and oxygen atoms in total. The van der Waals surface area contributed by atoms with Crippen molar-refractivity contribution in [2.45, 2.75) is 25.1 Å². The molecule has 1 atom stereocenters. The van der Waals surface area contributed by atoms with E-state index in [1.54, 1.807) is 0 Å². The topological polar surface area (TPSA) is 38.9 Å². The fourth-order valence-corrected chi connectivity index (χ4v) is 1.10. The minimum atomic E-state index is -5.68. The molecule has 0 fully saturated rings. The molecular weight excluding hydrogens is 267 g/mol. The molecule has 0 aliphatic rings. The lowest BCUT2D eigenvalue weighted by molar-refractivity contribution is -0.291. The van der Waals surface area contributed by atoms with Crippen LogP contribution >= 0.6 is 12.4 Å². The Bertz CT molecular complexity index is 380. The van der Waals surface area contributed by atoms with Gasteiger partial charge in [-0.3, -0.25) is 4.98 Å². The zero-order valence-corrected chi connectivity index (χ0v) is 9.45. The van der Waals surface area contributed by atoms with Gasteiger partial charge < -0.3 is 5.73 Å². The first-order valence-electron chi connectivity index (χ1n) is 4.30. The highest BCUT2D eigenvalue weighted by Gasteiger charge is 2.62. The number of hydrogen-bond donors (Lipinski definition) is 1. The van der Waals surface area contributed by atoms with Crippen molar-refractivity contribution in [1.82, 2.24) is 4.98 Å². The highest BCUT2D eigenvalue weighted by Crippen LogP contribution is 2.42. The fourth-order valence-electron chi connectivity index (χ4n) is 1.10. The van der Waals surface area contributed by atoms with Gasteiger partial charge in [-0.15, -0.1) is 12.4 Å². The molecule has 0 aliphatic carbocycles. The second-order valence-electron chi connectivity index (χ2n) is 3.30. The number of hydrogen-bond acceptors (Lipinski definition) is 2. The SMILES string of the molecule is Cc1cccc([C@@H](N)C(F)(F)C(F)(F)F)n1.Cl. The van der Waals surface area contributed by atoms with Gasteiger partial charge in [0, 0.05) is 5.69 Å². The Labute approximate surface area is 100 Å². The Morgan fingerprint density at radius 2 is 1.71 bits per heavy atom. The van der Waals surface area contributed by atoms with Crippen molar-refractivity contribution in [3.8, 4) is 0 Å². The van der Waals surface area contributed by atoms with Gasteiger partial charge in [0.25, 0.3) is 0 Å². The van der Waals surface area contributed by atoms with Crippen LogP contribution in [-0.4, -0.2) is 17.1 Å². The first kappa shape index (κ1) is 16.1. The zero-order chi connectivity index (χ0) is 12.6. The van der Waals surface area contributed by atoms with Crippen LogP contribution in [0.5, 0.6) is 0 Å². The van der Waals surface area contributed by atoms with Gasteiger partial charge in [-0.05, 0) is 19.1 Å². The molecule has 8 heteroatoms. The molecule has 0 amide bonds. The molecule has 0 bridgehead atoms. The molecule has 0 aromatic carbocycles. The van der Waals surface area contributed by atoms with E-state index < -0.39 is 23.8 Å². The van der Waals surface area contributed by atoms with Crippen LogP contribution in [0.25, 0.3) is 0 Å². The maximum atomic E-state index is 12.9. The molecule has 1 rings (SSSR count). The molecular formula is C9H10ClF5N2. The molecule has 0 unspecified atom stereocenters. The van der Waals surface area contributed by atoms with Crippen molar-refractivity contribution in [3.05, 3.63) is 29.6 Å². The van der Waals surface area contributed by atoms with Crippen LogP contribution in [0.4, 0.5) is 22.0 Å². The van der Waals surface area contributed by atoms with Crippen LogP contribution in [0, 0.1) is 6.92 Å². The molecule has 1 heterocycles. The van der Waals surface area contributed by atoms with Crippen molar-refractivity contribution < 1.29 is 22.0 Å². The van der Waals surface area contributed by atoms with E-state index in [1.165, 1.54) is 19.1 Å². The van der Waals surface area contributed by atoms with Gasteiger partial charge in [-0.1, -0.05) is 6.07 Å². The molecule has 0 saturated carbocycles. The molecule has 0 spiro atoms. The van der Waals surface area contributed by atoms with Crippen LogP contribution in [0.1, 0.15) is 17.4 Å². The molecule has 0 radical (unpaired) electrons. The number of aryl methyl sites for hydroxylation is 1. The summed E-state index contributed by atoms with van der Waals surface area (Å²) in [6, 6.07) is 1.34. The van der Waals surface area contributed by atoms with Crippen molar-refractivity contribution >= 4 is 12.4 Å². The molecule has 17 heavy (non-hydrogen) atoms. The van der Waals surface area contributed by atoms with E-state index in [0.29, 0.717) is 5.69 Å². The van der Waals surface area contributed by atoms with E-state index in [0.717, 1.165) is 6.07 Å². The summed E-state index contributed by atoms with van der Waals surface area (Å²) >= 11 is 0. The average Bonchev–Trinajstić information content (AvgIpc) is 2.14. The van der Waals surface area contributed by atoms with E-state index >= 15 is 0 Å². The summed E-state index contributed by atoms with van der Waals surface area (Å²) < 4.78 is 61.7. The van der Waals surface area contributed by atoms with E-state index in [1.807, 2.05) is 0 Å². The van der Waals surface area contributed by atoms with Gasteiger partial charge in [0.2, 0.25) is 0 Å². The number of aromatic nitrogens is 1. The number of nitrogens with zero attached hydrogens (tertiary/aromatic N) is 1. The van der Waals surface area contributed by atoms with Crippen molar-refractivity contribution in [2.75, 3.05) is 0 Å². The van der Waals surface area contributed by atoms with E-state index in [-0.39, 0.29) is 12.4 Å². The Balaban J connectivity index is 0.00000256. The van der Waals surface area contributed by atoms with Gasteiger partial charge in [-0.25, -0.2) is 0 Å². The number of halogens is 6. The summed E-state index contributed by atoms with van der Waals surface area (Å²) in [6.07, 6.45) is -5.68. The minimum Gasteiger partial charge on any atom is -0.317 e. The quantitative estimate of drug-likeness (QED) is 0.844. The third-order valence-electron chi connectivity index (χ3n) is 2.00. The summed E-state index contributed by atoms with van der Waals surface area (Å²) in [5, 5.41) is 0. The van der Waals surface area contributed by atoms with Crippen LogP contribution < -0.4 is 5.73 Å². The average molecular weight is 277 g/mol. The standard InChI is InChI=1S/C9H9F5N2.ClH/c1-5-3-2-4-6(16-5)7(15)8(10,11)9(12,13)14;/h2-4,7H,15H2,1H3;1H/t7-;/m1./s1. The second-order valence-corrected chi connectivity index (χ2v) is 3.30. The van der Waals surface area contributed by atoms with Crippen LogP contribution in [0.2, 0.25) is 0 Å². The van der Waals surface area contributed by atoms with Crippen molar-refractivity contribution in [2.24, 2.45) is 5.73 Å². The van der Waals surface area contributed by atoms with Gasteiger partial charge >= 0.3 is 12.1 Å². The molecule has 2 N–H and O–H groups in total. The molecule has 0 aliphatic heterocycles. The Kier molecular flexibility index (Phi) is 4.85. The third-order valence-corrected chi connectivity index (χ3v) is 2.00. The van der Waals surface area contributed by atoms with Gasteiger partial charge in [0.1, 0.15) is 6.04 Å². The largest absolute Gasteiger partial charge is 0.455 e. The van der Waals surface area contributed by atoms with E-state index in [9.17, 15) is 22.0 Å². The third kappa shape index (κ3) is 3.26. The molecule has 1 aromatic rings. The molecule has 0 saturated heterocycles. The minimum absolute atomic E-state index is 0. The second kappa shape index (κ2) is 5.14. The first-order valence-corrected chi connectivity index (χ1v) is 4.30. The summed E-state index contributed by atoms with van der Waals surface area (Å²) in [7, 11) is 0. The van der Waals surface area contributed by atoms with E-state index in [2.05, 4.69) is 4.98 Å². The lowest BCUT2D eigenvalue weighted by Crippen LogP contribution is -2.46. The summed E-state index contributed by atoms with van der Waals surface area (Å²) in [6.45, 7) is 1.47. The monoisotopic (exact) mass is 276 g/mol. The smallest absolute Gasteiger partial charge is 0.317 e. The Morgan fingerprint density at radius 3 is 2.12 bits per heavy atom. The van der Waals surface area contributed by atoms with Gasteiger partial charge in [0.05, 0.1) is 5.69 Å². The molecule has 98 valence electrons. The summed E-state index contributed by atoms with van der Waals surface area (Å²) in [5.41, 5.74) is 4.74. The number of pyridine rings is 1. The Morgan fingerprint density at radius 1 is 1.18 bits per heavy atom. The normalized spacial score (nSPS) is 14.1. The highest BCUT2D eigenvalue weighted by atomic mass is 35.5. The zero-order valence-electron chi connectivity index (χ0n) is 8.63. The van der Waals surface area contributed by atoms with E-state index in [4.69, 9.17) is 5.73 Å². The predicted octanol–water partition coefficient (Wildman–Crippen LogP) is 3.01. The maximum Gasteiger partial charge on any atom is 0.455 e. The maximum absolute atomic E-state index is 12.9. The van der Waals surface area contributed by atoms with Crippen LogP contribution in [0.3, 0.4) is 0 Å². The van der Waals surface area contributed by atoms with Gasteiger partial charge in [-0.2, -0.15) is 22.0 Å². The van der Waals surface area contributed by atoms with Crippen molar-refractivity contribution in [1.29, 1.82) is 0 Å². The number of alkyl halides is 5. The Hall–Kier alpha value is -0.950. The molecule has 1 aromatic heterocycles. The summed E-state index contributed by atoms with van der Waals surface area (Å²) in [4.78, 5) is 3.55. The highest BCUT2D eigenvalue weighted by molar-refractivity contribution is 5.85. The summed E-state index contributed by atoms with van der Waals surface area (Å²) in [5.74, 6) is -4.99. The number of nitrogens with two attached hydrogens (primary N) is 1. The predicted molar refractivity (Wildman–Crippen MR) is 54.2 cm³/mol. The first-order chi connectivity index (χ1) is 7.16. The lowest BCUT2D eigenvalue weighted by atomic mass is 10.1. The number of rotatable bonds is 2. The lowest BCUT2D eigenvalue weighted by Gasteiger charge is -2.25. The van der Waals surface area contributed by atoms with Crippen LogP contribution in [-0.2, 0) is 0 Å². The fraction of sp³-hybridized carbons (Fsp3) is 0.444.